The standard InChI is InChI=1S/C11H11BrClN5/c1-6-5-9(17-11(15-6)18-14)16-8-4-2-3-7(13)10(8)12/h2-5H,14H2,1H3,(H2,15,16,17,18). The van der Waals surface area contributed by atoms with Crippen molar-refractivity contribution in [3.05, 3.63) is 39.5 Å². The highest BCUT2D eigenvalue weighted by Crippen LogP contribution is 2.31. The Morgan fingerprint density at radius 1 is 1.33 bits per heavy atom. The van der Waals surface area contributed by atoms with E-state index >= 15 is 0 Å². The van der Waals surface area contributed by atoms with Crippen LogP contribution in [0.1, 0.15) is 5.69 Å². The topological polar surface area (TPSA) is 75.9 Å². The van der Waals surface area contributed by atoms with Gasteiger partial charge in [-0.2, -0.15) is 4.98 Å². The van der Waals surface area contributed by atoms with Gasteiger partial charge in [0.1, 0.15) is 5.82 Å². The van der Waals surface area contributed by atoms with Crippen LogP contribution in [0.2, 0.25) is 5.02 Å². The molecule has 4 N–H and O–H groups in total. The highest BCUT2D eigenvalue weighted by molar-refractivity contribution is 9.10. The lowest BCUT2D eigenvalue weighted by Crippen LogP contribution is -2.11. The maximum atomic E-state index is 6.02. The number of halogens is 2. The van der Waals surface area contributed by atoms with E-state index in [2.05, 4.69) is 36.6 Å². The maximum Gasteiger partial charge on any atom is 0.239 e. The number of hydrogen-bond acceptors (Lipinski definition) is 5. The first-order chi connectivity index (χ1) is 8.60. The van der Waals surface area contributed by atoms with Gasteiger partial charge in [-0.1, -0.05) is 17.7 Å². The molecule has 0 radical (unpaired) electrons. The molecule has 0 fully saturated rings. The van der Waals surface area contributed by atoms with Gasteiger partial charge < -0.3 is 5.32 Å². The summed E-state index contributed by atoms with van der Waals surface area (Å²) in [4.78, 5) is 8.30. The summed E-state index contributed by atoms with van der Waals surface area (Å²) in [7, 11) is 0. The average Bonchev–Trinajstić information content (AvgIpc) is 2.34. The number of benzene rings is 1. The van der Waals surface area contributed by atoms with Crippen molar-refractivity contribution in [2.24, 2.45) is 5.84 Å². The number of hydrogen-bond donors (Lipinski definition) is 3. The van der Waals surface area contributed by atoms with Crippen LogP contribution in [0.4, 0.5) is 17.5 Å². The van der Waals surface area contributed by atoms with Gasteiger partial charge in [0.25, 0.3) is 0 Å². The first-order valence-corrected chi connectivity index (χ1v) is 6.30. The van der Waals surface area contributed by atoms with E-state index in [-0.39, 0.29) is 0 Å². The van der Waals surface area contributed by atoms with Crippen molar-refractivity contribution in [2.75, 3.05) is 10.7 Å². The van der Waals surface area contributed by atoms with Crippen molar-refractivity contribution in [1.82, 2.24) is 9.97 Å². The maximum absolute atomic E-state index is 6.02. The molecule has 0 unspecified atom stereocenters. The summed E-state index contributed by atoms with van der Waals surface area (Å²) < 4.78 is 0.783. The molecule has 0 atom stereocenters. The summed E-state index contributed by atoms with van der Waals surface area (Å²) in [6.45, 7) is 1.86. The van der Waals surface area contributed by atoms with Gasteiger partial charge in [-0.05, 0) is 35.0 Å². The fourth-order valence-corrected chi connectivity index (χ4v) is 1.97. The molecule has 5 nitrogen and oxygen atoms in total. The fourth-order valence-electron chi connectivity index (χ4n) is 1.44. The van der Waals surface area contributed by atoms with Crippen LogP contribution in [-0.2, 0) is 0 Å². The van der Waals surface area contributed by atoms with E-state index in [1.165, 1.54) is 0 Å². The number of nitrogen functional groups attached to an aromatic ring is 1. The molecule has 94 valence electrons. The Hall–Kier alpha value is -1.37. The number of aryl methyl sites for hydroxylation is 1. The van der Waals surface area contributed by atoms with Gasteiger partial charge in [-0.15, -0.1) is 0 Å². The zero-order valence-corrected chi connectivity index (χ0v) is 11.9. The Morgan fingerprint density at radius 3 is 2.83 bits per heavy atom. The summed E-state index contributed by atoms with van der Waals surface area (Å²) in [6.07, 6.45) is 0. The van der Waals surface area contributed by atoms with E-state index in [4.69, 9.17) is 17.4 Å². The van der Waals surface area contributed by atoms with Crippen LogP contribution in [0.5, 0.6) is 0 Å². The number of aromatic nitrogens is 2. The van der Waals surface area contributed by atoms with Crippen LogP contribution in [0, 0.1) is 6.92 Å². The molecule has 2 aromatic rings. The van der Waals surface area contributed by atoms with Crippen molar-refractivity contribution in [1.29, 1.82) is 0 Å². The third-order valence-corrected chi connectivity index (χ3v) is 3.60. The number of nitrogens with two attached hydrogens (primary N) is 1. The number of nitrogens with zero attached hydrogens (tertiary/aromatic N) is 2. The number of anilines is 3. The van der Waals surface area contributed by atoms with Gasteiger partial charge in [-0.25, -0.2) is 10.8 Å². The fraction of sp³-hybridized carbons (Fsp3) is 0.0909. The van der Waals surface area contributed by atoms with Crippen LogP contribution in [-0.4, -0.2) is 9.97 Å². The molecule has 0 amide bonds. The Labute approximate surface area is 118 Å². The second-order valence-corrected chi connectivity index (χ2v) is 4.79. The van der Waals surface area contributed by atoms with Gasteiger partial charge in [-0.3, -0.25) is 5.43 Å². The first kappa shape index (κ1) is 13.1. The molecule has 0 saturated carbocycles. The summed E-state index contributed by atoms with van der Waals surface area (Å²) in [5, 5.41) is 3.78. The summed E-state index contributed by atoms with van der Waals surface area (Å²) >= 11 is 9.43. The minimum Gasteiger partial charge on any atom is -0.339 e. The van der Waals surface area contributed by atoms with Crippen LogP contribution in [0.25, 0.3) is 0 Å². The average molecular weight is 329 g/mol. The third-order valence-electron chi connectivity index (χ3n) is 2.20. The third kappa shape index (κ3) is 2.90. The second kappa shape index (κ2) is 5.51. The van der Waals surface area contributed by atoms with Crippen LogP contribution >= 0.6 is 27.5 Å². The van der Waals surface area contributed by atoms with E-state index in [1.807, 2.05) is 25.1 Å². The van der Waals surface area contributed by atoms with E-state index in [9.17, 15) is 0 Å². The molecule has 0 bridgehead atoms. The number of rotatable bonds is 3. The van der Waals surface area contributed by atoms with E-state index in [0.717, 1.165) is 15.9 Å². The molecule has 0 aliphatic carbocycles. The number of nitrogens with one attached hydrogen (secondary N) is 2. The summed E-state index contributed by atoms with van der Waals surface area (Å²) in [5.74, 6) is 6.30. The Morgan fingerprint density at radius 2 is 2.11 bits per heavy atom. The molecule has 0 aliphatic heterocycles. The van der Waals surface area contributed by atoms with Gasteiger partial charge in [0.05, 0.1) is 15.2 Å². The largest absolute Gasteiger partial charge is 0.339 e. The minimum atomic E-state index is 0.357. The lowest BCUT2D eigenvalue weighted by atomic mass is 10.3. The van der Waals surface area contributed by atoms with E-state index in [1.54, 1.807) is 6.07 Å². The highest BCUT2D eigenvalue weighted by Gasteiger charge is 2.06. The molecule has 2 rings (SSSR count). The molecule has 1 aromatic heterocycles. The zero-order valence-electron chi connectivity index (χ0n) is 9.54. The first-order valence-electron chi connectivity index (χ1n) is 5.13. The van der Waals surface area contributed by atoms with Gasteiger partial charge in [0, 0.05) is 11.8 Å². The predicted molar refractivity (Wildman–Crippen MR) is 77.0 cm³/mol. The normalized spacial score (nSPS) is 10.2. The van der Waals surface area contributed by atoms with Crippen molar-refractivity contribution in [3.63, 3.8) is 0 Å². The van der Waals surface area contributed by atoms with Gasteiger partial charge in [0.15, 0.2) is 0 Å². The molecular formula is C11H11BrClN5. The predicted octanol–water partition coefficient (Wildman–Crippen LogP) is 3.23. The molecule has 1 aromatic carbocycles. The summed E-state index contributed by atoms with van der Waals surface area (Å²) in [5.41, 5.74) is 4.05. The van der Waals surface area contributed by atoms with Gasteiger partial charge in [0.2, 0.25) is 5.95 Å². The smallest absolute Gasteiger partial charge is 0.239 e. The molecule has 18 heavy (non-hydrogen) atoms. The molecule has 0 spiro atoms. The second-order valence-electron chi connectivity index (χ2n) is 3.59. The van der Waals surface area contributed by atoms with Crippen LogP contribution in [0.3, 0.4) is 0 Å². The SMILES string of the molecule is Cc1cc(Nc2cccc(Cl)c2Br)nc(NN)n1. The van der Waals surface area contributed by atoms with Crippen LogP contribution < -0.4 is 16.6 Å². The highest BCUT2D eigenvalue weighted by atomic mass is 79.9. The Kier molecular flexibility index (Phi) is 4.00. The van der Waals surface area contributed by atoms with Crippen molar-refractivity contribution < 1.29 is 0 Å². The summed E-state index contributed by atoms with van der Waals surface area (Å²) in [6, 6.07) is 7.36. The molecule has 0 saturated heterocycles. The van der Waals surface area contributed by atoms with Gasteiger partial charge >= 0.3 is 0 Å². The Bertz CT molecular complexity index is 575. The van der Waals surface area contributed by atoms with Crippen molar-refractivity contribution in [3.8, 4) is 0 Å². The van der Waals surface area contributed by atoms with E-state index in [0.29, 0.717) is 16.8 Å². The molecule has 7 heteroatoms. The Balaban J connectivity index is 2.34. The lowest BCUT2D eigenvalue weighted by molar-refractivity contribution is 1.07. The monoisotopic (exact) mass is 327 g/mol. The zero-order chi connectivity index (χ0) is 13.1. The molecule has 1 heterocycles. The lowest BCUT2D eigenvalue weighted by Gasteiger charge is -2.10. The molecule has 0 aliphatic rings. The van der Waals surface area contributed by atoms with Crippen LogP contribution in [0.15, 0.2) is 28.7 Å². The van der Waals surface area contributed by atoms with E-state index < -0.39 is 0 Å². The number of hydrazine groups is 1. The molecular weight excluding hydrogens is 318 g/mol. The minimum absolute atomic E-state index is 0.357. The van der Waals surface area contributed by atoms with Crippen molar-refractivity contribution in [2.45, 2.75) is 6.92 Å². The van der Waals surface area contributed by atoms with Crippen molar-refractivity contribution >= 4 is 45.0 Å². The quantitative estimate of drug-likeness (QED) is 0.596.